The largest absolute Gasteiger partial charge is 0.334 e. The molecule has 1 heterocycles. The van der Waals surface area contributed by atoms with Crippen molar-refractivity contribution in [2.24, 2.45) is 0 Å². The van der Waals surface area contributed by atoms with Crippen LogP contribution >= 0.6 is 11.6 Å². The van der Waals surface area contributed by atoms with Gasteiger partial charge < -0.3 is 4.90 Å². The van der Waals surface area contributed by atoms with Gasteiger partial charge in [-0.15, -0.1) is 0 Å². The van der Waals surface area contributed by atoms with Crippen LogP contribution in [0.1, 0.15) is 18.1 Å². The molecule has 1 aliphatic rings. The van der Waals surface area contributed by atoms with Crippen molar-refractivity contribution in [3.8, 4) is 0 Å². The molecule has 3 heteroatoms. The fourth-order valence-corrected chi connectivity index (χ4v) is 1.86. The van der Waals surface area contributed by atoms with Crippen molar-refractivity contribution in [1.82, 2.24) is 4.90 Å². The lowest BCUT2D eigenvalue weighted by atomic mass is 10.1. The molecule has 1 aliphatic heterocycles. The molecule has 0 aliphatic carbocycles. The van der Waals surface area contributed by atoms with Gasteiger partial charge in [0, 0.05) is 25.0 Å². The number of hydrogen-bond donors (Lipinski definition) is 0. The van der Waals surface area contributed by atoms with Gasteiger partial charge in [-0.05, 0) is 17.2 Å². The molecule has 2 rings (SSSR count). The Balaban J connectivity index is 2.35. The molecule has 1 aromatic carbocycles. The maximum atomic E-state index is 11.1. The van der Waals surface area contributed by atoms with Gasteiger partial charge in [-0.1, -0.05) is 23.7 Å². The third-order valence-electron chi connectivity index (χ3n) is 2.37. The van der Waals surface area contributed by atoms with Crippen molar-refractivity contribution in [3.05, 3.63) is 34.3 Å². The number of hydrogen-bond acceptors (Lipinski definition) is 1. The van der Waals surface area contributed by atoms with Gasteiger partial charge in [0.25, 0.3) is 0 Å². The molecule has 0 saturated heterocycles. The Morgan fingerprint density at radius 1 is 1.46 bits per heavy atom. The second-order valence-electron chi connectivity index (χ2n) is 3.25. The Bertz CT molecular complexity index is 362. The Kier molecular flexibility index (Phi) is 2.00. The van der Waals surface area contributed by atoms with Gasteiger partial charge in [-0.2, -0.15) is 0 Å². The fourth-order valence-electron chi connectivity index (χ4n) is 1.60. The molecule has 0 fully saturated rings. The summed E-state index contributed by atoms with van der Waals surface area (Å²) in [6.07, 6.45) is 0. The highest BCUT2D eigenvalue weighted by atomic mass is 35.5. The van der Waals surface area contributed by atoms with E-state index in [0.717, 1.165) is 10.6 Å². The van der Waals surface area contributed by atoms with Crippen molar-refractivity contribution >= 4 is 17.5 Å². The Morgan fingerprint density at radius 3 is 2.85 bits per heavy atom. The van der Waals surface area contributed by atoms with E-state index in [9.17, 15) is 4.79 Å². The molecule has 0 atom stereocenters. The highest BCUT2D eigenvalue weighted by Gasteiger charge is 2.22. The van der Waals surface area contributed by atoms with Crippen LogP contribution < -0.4 is 0 Å². The minimum absolute atomic E-state index is 0.104. The molecule has 0 bridgehead atoms. The molecule has 13 heavy (non-hydrogen) atoms. The zero-order valence-corrected chi connectivity index (χ0v) is 8.14. The Labute approximate surface area is 82.1 Å². The van der Waals surface area contributed by atoms with Crippen LogP contribution in [0.5, 0.6) is 0 Å². The van der Waals surface area contributed by atoms with Crippen molar-refractivity contribution < 1.29 is 4.79 Å². The monoisotopic (exact) mass is 195 g/mol. The molecule has 2 nitrogen and oxygen atoms in total. The molecule has 0 spiro atoms. The van der Waals surface area contributed by atoms with Crippen LogP contribution in [-0.4, -0.2) is 10.8 Å². The van der Waals surface area contributed by atoms with Gasteiger partial charge in [-0.25, -0.2) is 0 Å². The van der Waals surface area contributed by atoms with E-state index in [4.69, 9.17) is 11.6 Å². The van der Waals surface area contributed by atoms with Crippen LogP contribution in [0.2, 0.25) is 5.02 Å². The second kappa shape index (κ2) is 3.04. The average Bonchev–Trinajstić information content (AvgIpc) is 2.49. The van der Waals surface area contributed by atoms with Crippen LogP contribution in [0.15, 0.2) is 18.2 Å². The lowest BCUT2D eigenvalue weighted by molar-refractivity contribution is -0.129. The zero-order chi connectivity index (χ0) is 9.42. The van der Waals surface area contributed by atoms with Gasteiger partial charge >= 0.3 is 0 Å². The van der Waals surface area contributed by atoms with E-state index >= 15 is 0 Å². The Morgan fingerprint density at radius 2 is 2.23 bits per heavy atom. The first kappa shape index (κ1) is 8.57. The molecule has 68 valence electrons. The smallest absolute Gasteiger partial charge is 0.220 e. The summed E-state index contributed by atoms with van der Waals surface area (Å²) < 4.78 is 0. The quantitative estimate of drug-likeness (QED) is 0.622. The molecule has 1 amide bonds. The summed E-state index contributed by atoms with van der Waals surface area (Å²) in [6.45, 7) is 2.94. The van der Waals surface area contributed by atoms with Crippen molar-refractivity contribution in [3.63, 3.8) is 0 Å². The van der Waals surface area contributed by atoms with Gasteiger partial charge in [0.1, 0.15) is 0 Å². The lowest BCUT2D eigenvalue weighted by Gasteiger charge is -2.11. The number of amides is 1. The van der Waals surface area contributed by atoms with E-state index in [0.29, 0.717) is 13.1 Å². The molecule has 0 unspecified atom stereocenters. The van der Waals surface area contributed by atoms with Gasteiger partial charge in [0.05, 0.1) is 0 Å². The maximum absolute atomic E-state index is 11.1. The van der Waals surface area contributed by atoms with E-state index in [1.54, 1.807) is 11.8 Å². The van der Waals surface area contributed by atoms with Crippen molar-refractivity contribution in [1.29, 1.82) is 0 Å². The van der Waals surface area contributed by atoms with E-state index in [2.05, 4.69) is 0 Å². The topological polar surface area (TPSA) is 20.3 Å². The molecule has 1 aromatic rings. The summed E-state index contributed by atoms with van der Waals surface area (Å²) in [7, 11) is 0. The minimum atomic E-state index is 0.104. The summed E-state index contributed by atoms with van der Waals surface area (Å²) in [4.78, 5) is 12.9. The molecule has 0 radical (unpaired) electrons. The van der Waals surface area contributed by atoms with Crippen LogP contribution in [0.3, 0.4) is 0 Å². The second-order valence-corrected chi connectivity index (χ2v) is 3.66. The molecule has 0 N–H and O–H groups in total. The van der Waals surface area contributed by atoms with Crippen molar-refractivity contribution in [2.75, 3.05) is 0 Å². The number of nitrogens with zero attached hydrogens (tertiary/aromatic N) is 1. The lowest BCUT2D eigenvalue weighted by Crippen LogP contribution is -2.21. The highest BCUT2D eigenvalue weighted by molar-refractivity contribution is 6.31. The molecule has 0 aromatic heterocycles. The first-order valence-corrected chi connectivity index (χ1v) is 4.58. The SMILES string of the molecule is CC(=O)N1Cc2cccc(Cl)c2C1. The predicted octanol–water partition coefficient (Wildman–Crippen LogP) is 2.20. The van der Waals surface area contributed by atoms with Crippen molar-refractivity contribution in [2.45, 2.75) is 20.0 Å². The van der Waals surface area contributed by atoms with Crippen LogP contribution in [0.4, 0.5) is 0 Å². The maximum Gasteiger partial charge on any atom is 0.220 e. The van der Waals surface area contributed by atoms with Crippen LogP contribution in [0, 0.1) is 0 Å². The number of benzene rings is 1. The number of halogens is 1. The first-order chi connectivity index (χ1) is 6.18. The van der Waals surface area contributed by atoms with E-state index < -0.39 is 0 Å². The predicted molar refractivity (Wildman–Crippen MR) is 51.4 cm³/mol. The normalized spacial score (nSPS) is 14.5. The number of carbonyl (C=O) groups excluding carboxylic acids is 1. The zero-order valence-electron chi connectivity index (χ0n) is 7.38. The molecular formula is C10H10ClNO. The van der Waals surface area contributed by atoms with Crippen LogP contribution in [0.25, 0.3) is 0 Å². The molecule has 0 saturated carbocycles. The Hall–Kier alpha value is -1.02. The summed E-state index contributed by atoms with van der Waals surface area (Å²) in [5.74, 6) is 0.104. The fraction of sp³-hybridized carbons (Fsp3) is 0.300. The van der Waals surface area contributed by atoms with E-state index in [-0.39, 0.29) is 5.91 Å². The van der Waals surface area contributed by atoms with Gasteiger partial charge in [0.2, 0.25) is 5.91 Å². The molecular weight excluding hydrogens is 186 g/mol. The van der Waals surface area contributed by atoms with Crippen LogP contribution in [-0.2, 0) is 17.9 Å². The minimum Gasteiger partial charge on any atom is -0.334 e. The summed E-state index contributed by atoms with van der Waals surface area (Å²) in [6, 6.07) is 5.80. The standard InChI is InChI=1S/C10H10ClNO/c1-7(13)12-5-8-3-2-4-10(11)9(8)6-12/h2-4H,5-6H2,1H3. The number of fused-ring (bicyclic) bond motifs is 1. The highest BCUT2D eigenvalue weighted by Crippen LogP contribution is 2.28. The number of carbonyl (C=O) groups is 1. The first-order valence-electron chi connectivity index (χ1n) is 4.20. The number of rotatable bonds is 0. The third kappa shape index (κ3) is 1.42. The van der Waals surface area contributed by atoms with E-state index in [1.807, 2.05) is 18.2 Å². The van der Waals surface area contributed by atoms with Gasteiger partial charge in [0.15, 0.2) is 0 Å². The third-order valence-corrected chi connectivity index (χ3v) is 2.73. The van der Waals surface area contributed by atoms with E-state index in [1.165, 1.54) is 5.56 Å². The summed E-state index contributed by atoms with van der Waals surface area (Å²) in [5.41, 5.74) is 2.27. The summed E-state index contributed by atoms with van der Waals surface area (Å²) in [5, 5.41) is 0.765. The average molecular weight is 196 g/mol. The summed E-state index contributed by atoms with van der Waals surface area (Å²) >= 11 is 6.00. The van der Waals surface area contributed by atoms with Gasteiger partial charge in [-0.3, -0.25) is 4.79 Å².